The van der Waals surface area contributed by atoms with Gasteiger partial charge in [-0.15, -0.1) is 11.6 Å². The predicted molar refractivity (Wildman–Crippen MR) is 77.1 cm³/mol. The Kier molecular flexibility index (Phi) is 5.35. The van der Waals surface area contributed by atoms with Crippen molar-refractivity contribution in [2.75, 3.05) is 19.7 Å². The van der Waals surface area contributed by atoms with Crippen molar-refractivity contribution in [3.63, 3.8) is 0 Å². The molecular weight excluding hydrogens is 246 g/mol. The zero-order valence-corrected chi connectivity index (χ0v) is 12.5. The van der Waals surface area contributed by atoms with Gasteiger partial charge in [0.25, 0.3) is 0 Å². The maximum atomic E-state index is 9.45. The van der Waals surface area contributed by atoms with E-state index in [9.17, 15) is 5.11 Å². The fraction of sp³-hybridized carbons (Fsp3) is 1.00. The second-order valence-electron chi connectivity index (χ2n) is 6.27. The van der Waals surface area contributed by atoms with Gasteiger partial charge < -0.3 is 5.11 Å². The summed E-state index contributed by atoms with van der Waals surface area (Å²) in [7, 11) is 0. The highest BCUT2D eigenvalue weighted by molar-refractivity contribution is 6.23. The van der Waals surface area contributed by atoms with Crippen molar-refractivity contribution in [2.24, 2.45) is 5.92 Å². The van der Waals surface area contributed by atoms with Gasteiger partial charge in [-0.3, -0.25) is 4.90 Å². The van der Waals surface area contributed by atoms with Crippen molar-refractivity contribution in [2.45, 2.75) is 69.2 Å². The van der Waals surface area contributed by atoms with Crippen molar-refractivity contribution in [3.05, 3.63) is 0 Å². The number of rotatable bonds is 4. The summed E-state index contributed by atoms with van der Waals surface area (Å²) in [5.41, 5.74) is 0. The Bertz CT molecular complexity index is 251. The molecule has 2 rings (SSSR count). The highest BCUT2D eigenvalue weighted by Crippen LogP contribution is 2.39. The first kappa shape index (κ1) is 14.6. The van der Waals surface area contributed by atoms with Gasteiger partial charge in [0.1, 0.15) is 0 Å². The van der Waals surface area contributed by atoms with E-state index in [1.165, 1.54) is 58.0 Å². The van der Waals surface area contributed by atoms with Gasteiger partial charge in [0.05, 0.1) is 6.61 Å². The molecule has 1 saturated carbocycles. The van der Waals surface area contributed by atoms with Gasteiger partial charge >= 0.3 is 0 Å². The third-order valence-electron chi connectivity index (χ3n) is 5.09. The molecule has 106 valence electrons. The topological polar surface area (TPSA) is 23.5 Å². The molecule has 1 saturated heterocycles. The third kappa shape index (κ3) is 3.61. The smallest absolute Gasteiger partial charge is 0.0586 e. The molecule has 1 N–H and O–H groups in total. The summed E-state index contributed by atoms with van der Waals surface area (Å²) in [5, 5.41) is 9.45. The summed E-state index contributed by atoms with van der Waals surface area (Å²) >= 11 is 6.57. The summed E-state index contributed by atoms with van der Waals surface area (Å²) in [6.45, 7) is 4.91. The number of likely N-dealkylation sites (tertiary alicyclic amines) is 1. The number of alkyl halides is 1. The lowest BCUT2D eigenvalue weighted by Crippen LogP contribution is -2.45. The molecule has 2 nitrogen and oxygen atoms in total. The molecule has 0 bridgehead atoms. The first-order valence-electron chi connectivity index (χ1n) is 7.70. The quantitative estimate of drug-likeness (QED) is 0.794. The Hall–Kier alpha value is 0.210. The summed E-state index contributed by atoms with van der Waals surface area (Å²) in [4.78, 5) is 2.62. The van der Waals surface area contributed by atoms with E-state index in [1.54, 1.807) is 0 Å². The highest BCUT2D eigenvalue weighted by Gasteiger charge is 2.33. The number of nitrogens with zero attached hydrogens (tertiary/aromatic N) is 1. The summed E-state index contributed by atoms with van der Waals surface area (Å²) in [6, 6.07) is 0.424. The van der Waals surface area contributed by atoms with Gasteiger partial charge in [-0.1, -0.05) is 13.3 Å². The van der Waals surface area contributed by atoms with Crippen LogP contribution in [0.3, 0.4) is 0 Å². The zero-order chi connectivity index (χ0) is 13.0. The van der Waals surface area contributed by atoms with E-state index in [1.807, 2.05) is 0 Å². The monoisotopic (exact) mass is 273 g/mol. The maximum Gasteiger partial charge on any atom is 0.0586 e. The summed E-state index contributed by atoms with van der Waals surface area (Å²) in [5.74, 6) is 0.801. The van der Waals surface area contributed by atoms with Crippen LogP contribution in [0.1, 0.15) is 58.3 Å². The molecule has 3 heteroatoms. The average molecular weight is 274 g/mol. The molecule has 18 heavy (non-hydrogen) atoms. The number of aliphatic hydroxyl groups is 1. The second kappa shape index (κ2) is 6.58. The number of aliphatic hydroxyl groups excluding tert-OH is 1. The van der Waals surface area contributed by atoms with Crippen molar-refractivity contribution in [1.29, 1.82) is 0 Å². The van der Waals surface area contributed by atoms with Gasteiger partial charge in [0, 0.05) is 17.5 Å². The van der Waals surface area contributed by atoms with E-state index >= 15 is 0 Å². The van der Waals surface area contributed by atoms with Crippen molar-refractivity contribution >= 4 is 11.6 Å². The number of piperidine rings is 1. The molecule has 1 atom stereocenters. The summed E-state index contributed by atoms with van der Waals surface area (Å²) < 4.78 is 0. The minimum Gasteiger partial charge on any atom is -0.395 e. The standard InChI is InChI=1S/C15H28ClNO/c1-2-15(16)8-6-13(7-9-15)11-17-10-4-3-5-14(17)12-18/h13-14,18H,2-12H2,1H3/t13?,14-,15?/m0/s1. The summed E-state index contributed by atoms with van der Waals surface area (Å²) in [6.07, 6.45) is 9.76. The van der Waals surface area contributed by atoms with Crippen LogP contribution in [0.2, 0.25) is 0 Å². The molecule has 0 unspecified atom stereocenters. The Balaban J connectivity index is 1.80. The van der Waals surface area contributed by atoms with Crippen molar-refractivity contribution in [3.8, 4) is 0 Å². The van der Waals surface area contributed by atoms with Crippen LogP contribution in [0, 0.1) is 5.92 Å². The predicted octanol–water partition coefficient (Wildman–Crippen LogP) is 3.41. The zero-order valence-electron chi connectivity index (χ0n) is 11.7. The Morgan fingerprint density at radius 3 is 2.56 bits per heavy atom. The molecule has 0 radical (unpaired) electrons. The van der Waals surface area contributed by atoms with Crippen LogP contribution in [0.25, 0.3) is 0 Å². The first-order valence-corrected chi connectivity index (χ1v) is 8.08. The molecular formula is C15H28ClNO. The van der Waals surface area contributed by atoms with E-state index in [0.29, 0.717) is 12.6 Å². The lowest BCUT2D eigenvalue weighted by Gasteiger charge is -2.40. The van der Waals surface area contributed by atoms with E-state index in [2.05, 4.69) is 11.8 Å². The van der Waals surface area contributed by atoms with Gasteiger partial charge in [-0.25, -0.2) is 0 Å². The fourth-order valence-corrected chi connectivity index (χ4v) is 3.79. The molecule has 0 aromatic rings. The van der Waals surface area contributed by atoms with E-state index in [0.717, 1.165) is 12.3 Å². The van der Waals surface area contributed by atoms with Gasteiger partial charge in [0.2, 0.25) is 0 Å². The maximum absolute atomic E-state index is 9.45. The van der Waals surface area contributed by atoms with Gasteiger partial charge in [-0.05, 0) is 57.4 Å². The molecule has 0 spiro atoms. The minimum absolute atomic E-state index is 0.0920. The Labute approximate surface area is 117 Å². The van der Waals surface area contributed by atoms with Crippen molar-refractivity contribution in [1.82, 2.24) is 4.90 Å². The number of halogens is 1. The van der Waals surface area contributed by atoms with Crippen LogP contribution >= 0.6 is 11.6 Å². The molecule has 0 amide bonds. The van der Waals surface area contributed by atoms with Crippen molar-refractivity contribution < 1.29 is 5.11 Å². The van der Waals surface area contributed by atoms with Crippen LogP contribution in [-0.4, -0.2) is 40.6 Å². The van der Waals surface area contributed by atoms with E-state index < -0.39 is 0 Å². The van der Waals surface area contributed by atoms with Gasteiger partial charge in [-0.2, -0.15) is 0 Å². The second-order valence-corrected chi connectivity index (χ2v) is 7.08. The van der Waals surface area contributed by atoms with Crippen LogP contribution in [0.15, 0.2) is 0 Å². The minimum atomic E-state index is 0.0920. The molecule has 1 heterocycles. The Morgan fingerprint density at radius 2 is 1.94 bits per heavy atom. The lowest BCUT2D eigenvalue weighted by molar-refractivity contribution is 0.0672. The number of hydrogen-bond acceptors (Lipinski definition) is 2. The average Bonchev–Trinajstić information content (AvgIpc) is 2.42. The lowest BCUT2D eigenvalue weighted by atomic mass is 9.79. The van der Waals surface area contributed by atoms with Crippen LogP contribution in [-0.2, 0) is 0 Å². The molecule has 2 fully saturated rings. The SMILES string of the molecule is CCC1(Cl)CCC(CN2CCCC[C@H]2CO)CC1. The molecule has 2 aliphatic rings. The normalized spacial score (nSPS) is 38.8. The van der Waals surface area contributed by atoms with E-state index in [-0.39, 0.29) is 4.87 Å². The van der Waals surface area contributed by atoms with Gasteiger partial charge in [0.15, 0.2) is 0 Å². The number of hydrogen-bond donors (Lipinski definition) is 1. The molecule has 1 aliphatic heterocycles. The van der Waals surface area contributed by atoms with Crippen LogP contribution in [0.4, 0.5) is 0 Å². The Morgan fingerprint density at radius 1 is 1.22 bits per heavy atom. The largest absolute Gasteiger partial charge is 0.395 e. The fourth-order valence-electron chi connectivity index (χ4n) is 3.57. The molecule has 0 aromatic heterocycles. The highest BCUT2D eigenvalue weighted by atomic mass is 35.5. The van der Waals surface area contributed by atoms with Crippen LogP contribution in [0.5, 0.6) is 0 Å². The third-order valence-corrected chi connectivity index (χ3v) is 5.73. The molecule has 1 aliphatic carbocycles. The van der Waals surface area contributed by atoms with E-state index in [4.69, 9.17) is 11.6 Å². The first-order chi connectivity index (χ1) is 8.67. The van der Waals surface area contributed by atoms with Crippen LogP contribution < -0.4 is 0 Å². The molecule has 0 aromatic carbocycles.